The number of aldehydes is 1. The van der Waals surface area contributed by atoms with Crippen molar-refractivity contribution in [2.45, 2.75) is 6.92 Å². The van der Waals surface area contributed by atoms with Crippen LogP contribution in [-0.2, 0) is 4.74 Å². The normalized spacial score (nSPS) is 10.3. The first-order valence-electron chi connectivity index (χ1n) is 4.86. The summed E-state index contributed by atoms with van der Waals surface area (Å²) in [6, 6.07) is 1.54. The van der Waals surface area contributed by atoms with Crippen molar-refractivity contribution < 1.29 is 14.3 Å². The standard InChI is InChI=1S/C11H10N2O3/c1-2-16-11(15)8-3-4-12-10-9(8)7(6-14)5-13-10/h3-6H,2H2,1H3,(H,12,13). The molecule has 0 bridgehead atoms. The number of fused-ring (bicyclic) bond motifs is 1. The predicted octanol–water partition coefficient (Wildman–Crippen LogP) is 1.55. The fourth-order valence-electron chi connectivity index (χ4n) is 1.55. The third-order valence-corrected chi connectivity index (χ3v) is 2.23. The van der Waals surface area contributed by atoms with Gasteiger partial charge < -0.3 is 9.72 Å². The smallest absolute Gasteiger partial charge is 0.338 e. The van der Waals surface area contributed by atoms with E-state index in [1.807, 2.05) is 0 Å². The second kappa shape index (κ2) is 4.14. The van der Waals surface area contributed by atoms with Gasteiger partial charge in [-0.1, -0.05) is 0 Å². The highest BCUT2D eigenvalue weighted by molar-refractivity contribution is 6.08. The number of nitrogens with zero attached hydrogens (tertiary/aromatic N) is 1. The van der Waals surface area contributed by atoms with Gasteiger partial charge in [-0.05, 0) is 13.0 Å². The molecule has 0 aromatic carbocycles. The summed E-state index contributed by atoms with van der Waals surface area (Å²) >= 11 is 0. The van der Waals surface area contributed by atoms with Crippen LogP contribution in [0.4, 0.5) is 0 Å². The first-order valence-corrected chi connectivity index (χ1v) is 4.86. The van der Waals surface area contributed by atoms with Gasteiger partial charge in [0.15, 0.2) is 6.29 Å². The van der Waals surface area contributed by atoms with Crippen LogP contribution in [0.1, 0.15) is 27.6 Å². The molecular weight excluding hydrogens is 208 g/mol. The zero-order valence-electron chi connectivity index (χ0n) is 8.69. The molecule has 2 aromatic heterocycles. The van der Waals surface area contributed by atoms with Gasteiger partial charge in [-0.25, -0.2) is 9.78 Å². The summed E-state index contributed by atoms with van der Waals surface area (Å²) in [5.41, 5.74) is 1.27. The van der Waals surface area contributed by atoms with Gasteiger partial charge in [0.05, 0.1) is 12.2 Å². The average Bonchev–Trinajstić information content (AvgIpc) is 2.72. The summed E-state index contributed by atoms with van der Waals surface area (Å²) in [7, 11) is 0. The molecule has 16 heavy (non-hydrogen) atoms. The van der Waals surface area contributed by atoms with E-state index in [0.717, 1.165) is 0 Å². The fourth-order valence-corrected chi connectivity index (χ4v) is 1.55. The molecule has 0 radical (unpaired) electrons. The number of ether oxygens (including phenoxy) is 1. The molecule has 0 saturated heterocycles. The predicted molar refractivity (Wildman–Crippen MR) is 57.4 cm³/mol. The van der Waals surface area contributed by atoms with Crippen LogP contribution in [0, 0.1) is 0 Å². The Labute approximate surface area is 91.4 Å². The lowest BCUT2D eigenvalue weighted by atomic mass is 10.1. The van der Waals surface area contributed by atoms with Crippen molar-refractivity contribution in [1.29, 1.82) is 0 Å². The highest BCUT2D eigenvalue weighted by atomic mass is 16.5. The van der Waals surface area contributed by atoms with Gasteiger partial charge in [0.25, 0.3) is 0 Å². The van der Waals surface area contributed by atoms with Crippen molar-refractivity contribution in [2.75, 3.05) is 6.61 Å². The maximum absolute atomic E-state index is 11.6. The second-order valence-corrected chi connectivity index (χ2v) is 3.16. The molecule has 82 valence electrons. The molecule has 0 aliphatic carbocycles. The van der Waals surface area contributed by atoms with Crippen molar-refractivity contribution in [3.05, 3.63) is 29.6 Å². The minimum absolute atomic E-state index is 0.295. The van der Waals surface area contributed by atoms with Crippen LogP contribution in [0.25, 0.3) is 11.0 Å². The Morgan fingerprint density at radius 1 is 1.62 bits per heavy atom. The van der Waals surface area contributed by atoms with E-state index >= 15 is 0 Å². The Kier molecular flexibility index (Phi) is 2.68. The summed E-state index contributed by atoms with van der Waals surface area (Å²) in [5.74, 6) is -0.447. The second-order valence-electron chi connectivity index (χ2n) is 3.16. The Morgan fingerprint density at radius 2 is 2.44 bits per heavy atom. The van der Waals surface area contributed by atoms with Crippen molar-refractivity contribution in [2.24, 2.45) is 0 Å². The minimum atomic E-state index is -0.447. The van der Waals surface area contributed by atoms with Gasteiger partial charge in [0.2, 0.25) is 0 Å². The zero-order chi connectivity index (χ0) is 11.5. The number of aromatic nitrogens is 2. The highest BCUT2D eigenvalue weighted by Crippen LogP contribution is 2.20. The molecule has 0 aliphatic rings. The number of aromatic amines is 1. The van der Waals surface area contributed by atoms with E-state index in [1.165, 1.54) is 12.4 Å². The summed E-state index contributed by atoms with van der Waals surface area (Å²) in [6.07, 6.45) is 3.70. The van der Waals surface area contributed by atoms with E-state index in [4.69, 9.17) is 4.74 Å². The summed E-state index contributed by atoms with van der Waals surface area (Å²) in [5, 5.41) is 0.510. The van der Waals surface area contributed by atoms with Gasteiger partial charge >= 0.3 is 5.97 Å². The molecule has 5 nitrogen and oxygen atoms in total. The quantitative estimate of drug-likeness (QED) is 0.626. The van der Waals surface area contributed by atoms with Gasteiger partial charge in [-0.15, -0.1) is 0 Å². The van der Waals surface area contributed by atoms with Crippen LogP contribution in [0.5, 0.6) is 0 Å². The number of H-pyrrole nitrogens is 1. The van der Waals surface area contributed by atoms with Crippen LogP contribution >= 0.6 is 0 Å². The Morgan fingerprint density at radius 3 is 3.12 bits per heavy atom. The van der Waals surface area contributed by atoms with Crippen LogP contribution in [-0.4, -0.2) is 28.8 Å². The molecule has 0 saturated carbocycles. The minimum Gasteiger partial charge on any atom is -0.462 e. The number of esters is 1. The lowest BCUT2D eigenvalue weighted by Gasteiger charge is -2.02. The molecule has 0 fully saturated rings. The molecule has 2 heterocycles. The topological polar surface area (TPSA) is 72.0 Å². The van der Waals surface area contributed by atoms with E-state index in [1.54, 1.807) is 13.0 Å². The lowest BCUT2D eigenvalue weighted by Crippen LogP contribution is -2.05. The van der Waals surface area contributed by atoms with Crippen LogP contribution in [0.3, 0.4) is 0 Å². The number of hydrogen-bond donors (Lipinski definition) is 1. The number of carbonyl (C=O) groups is 2. The molecule has 0 atom stereocenters. The third-order valence-electron chi connectivity index (χ3n) is 2.23. The third kappa shape index (κ3) is 1.56. The first-order chi connectivity index (χ1) is 7.77. The van der Waals surface area contributed by atoms with Crippen molar-refractivity contribution in [3.8, 4) is 0 Å². The number of rotatable bonds is 3. The maximum Gasteiger partial charge on any atom is 0.338 e. The molecular formula is C11H10N2O3. The van der Waals surface area contributed by atoms with Crippen LogP contribution < -0.4 is 0 Å². The molecule has 1 N–H and O–H groups in total. The monoisotopic (exact) mass is 218 g/mol. The Bertz CT molecular complexity index is 545. The molecule has 0 amide bonds. The van der Waals surface area contributed by atoms with Crippen molar-refractivity contribution in [3.63, 3.8) is 0 Å². The molecule has 0 unspecified atom stereocenters. The van der Waals surface area contributed by atoms with Crippen molar-refractivity contribution >= 4 is 23.3 Å². The highest BCUT2D eigenvalue weighted by Gasteiger charge is 2.15. The van der Waals surface area contributed by atoms with E-state index in [0.29, 0.717) is 35.1 Å². The fraction of sp³-hybridized carbons (Fsp3) is 0.182. The molecule has 2 rings (SSSR count). The Balaban J connectivity index is 2.63. The number of nitrogens with one attached hydrogen (secondary N) is 1. The van der Waals surface area contributed by atoms with E-state index in [2.05, 4.69) is 9.97 Å². The Hall–Kier alpha value is -2.17. The van der Waals surface area contributed by atoms with Gasteiger partial charge in [-0.3, -0.25) is 4.79 Å². The van der Waals surface area contributed by atoms with Crippen molar-refractivity contribution in [1.82, 2.24) is 9.97 Å². The lowest BCUT2D eigenvalue weighted by molar-refractivity contribution is 0.0528. The molecule has 2 aromatic rings. The molecule has 5 heteroatoms. The van der Waals surface area contributed by atoms with Gasteiger partial charge in [-0.2, -0.15) is 0 Å². The van der Waals surface area contributed by atoms with E-state index in [-0.39, 0.29) is 0 Å². The zero-order valence-corrected chi connectivity index (χ0v) is 8.69. The first kappa shape index (κ1) is 10.4. The maximum atomic E-state index is 11.6. The van der Waals surface area contributed by atoms with E-state index < -0.39 is 5.97 Å². The number of pyridine rings is 1. The van der Waals surface area contributed by atoms with Gasteiger partial charge in [0, 0.05) is 23.3 Å². The summed E-state index contributed by atoms with van der Waals surface area (Å²) < 4.78 is 4.91. The average molecular weight is 218 g/mol. The largest absolute Gasteiger partial charge is 0.462 e. The van der Waals surface area contributed by atoms with Gasteiger partial charge in [0.1, 0.15) is 5.65 Å². The molecule has 0 aliphatic heterocycles. The van der Waals surface area contributed by atoms with Crippen LogP contribution in [0.15, 0.2) is 18.5 Å². The number of hydrogen-bond acceptors (Lipinski definition) is 4. The van der Waals surface area contributed by atoms with E-state index in [9.17, 15) is 9.59 Å². The molecule has 0 spiro atoms. The number of carbonyl (C=O) groups excluding carboxylic acids is 2. The van der Waals surface area contributed by atoms with Crippen LogP contribution in [0.2, 0.25) is 0 Å². The SMILES string of the molecule is CCOC(=O)c1ccnc2[nH]cc(C=O)c12. The summed E-state index contributed by atoms with van der Waals surface area (Å²) in [6.45, 7) is 2.03. The summed E-state index contributed by atoms with van der Waals surface area (Å²) in [4.78, 5) is 29.3.